The van der Waals surface area contributed by atoms with Crippen LogP contribution in [-0.4, -0.2) is 21.2 Å². The van der Waals surface area contributed by atoms with Gasteiger partial charge in [0.25, 0.3) is 0 Å². The molecule has 5 nitrogen and oxygen atoms in total. The van der Waals surface area contributed by atoms with Gasteiger partial charge in [0.15, 0.2) is 0 Å². The Kier molecular flexibility index (Phi) is 3.16. The van der Waals surface area contributed by atoms with Crippen LogP contribution in [0.5, 0.6) is 0 Å². The molecule has 3 rings (SSSR count). The second kappa shape index (κ2) is 5.13. The highest BCUT2D eigenvalue weighted by atomic mass is 15.3. The Hall–Kier alpha value is -2.69. The van der Waals surface area contributed by atoms with Crippen molar-refractivity contribution in [1.82, 2.24) is 15.0 Å². The molecule has 2 N–H and O–H groups in total. The molecule has 1 aromatic carbocycles. The Labute approximate surface area is 116 Å². The van der Waals surface area contributed by atoms with E-state index in [1.54, 1.807) is 6.21 Å². The molecule has 0 spiro atoms. The number of aromatic nitrogens is 3. The third-order valence-corrected chi connectivity index (χ3v) is 2.97. The molecule has 0 radical (unpaired) electrons. The standard InChI is InChI=1S/C15H15N5/c1-10-7-11(2)19-15(18-10)20-17-9-12-8-16-14-6-4-3-5-13(12)14/h3-9,16H,1-2H3,(H,18,19,20)/b17-9+. The lowest BCUT2D eigenvalue weighted by atomic mass is 10.2. The Balaban J connectivity index is 1.80. The van der Waals surface area contributed by atoms with Crippen LogP contribution in [0.4, 0.5) is 5.95 Å². The van der Waals surface area contributed by atoms with Crippen molar-refractivity contribution in [3.8, 4) is 0 Å². The quantitative estimate of drug-likeness (QED) is 0.565. The van der Waals surface area contributed by atoms with E-state index in [2.05, 4.69) is 31.5 Å². The predicted molar refractivity (Wildman–Crippen MR) is 81.0 cm³/mol. The number of hydrogen-bond acceptors (Lipinski definition) is 4. The molecule has 0 bridgehead atoms. The molecule has 0 unspecified atom stereocenters. The van der Waals surface area contributed by atoms with Crippen molar-refractivity contribution in [2.24, 2.45) is 5.10 Å². The topological polar surface area (TPSA) is 66.0 Å². The van der Waals surface area contributed by atoms with Crippen molar-refractivity contribution in [2.45, 2.75) is 13.8 Å². The molecule has 0 atom stereocenters. The third kappa shape index (κ3) is 2.51. The number of aromatic amines is 1. The molecule has 0 aliphatic heterocycles. The van der Waals surface area contributed by atoms with Gasteiger partial charge in [-0.1, -0.05) is 18.2 Å². The van der Waals surface area contributed by atoms with Crippen LogP contribution in [0, 0.1) is 13.8 Å². The zero-order chi connectivity index (χ0) is 13.9. The van der Waals surface area contributed by atoms with Gasteiger partial charge in [0.2, 0.25) is 5.95 Å². The van der Waals surface area contributed by atoms with Gasteiger partial charge in [0.05, 0.1) is 6.21 Å². The van der Waals surface area contributed by atoms with E-state index in [0.717, 1.165) is 27.9 Å². The molecule has 100 valence electrons. The lowest BCUT2D eigenvalue weighted by Gasteiger charge is -2.01. The van der Waals surface area contributed by atoms with E-state index in [4.69, 9.17) is 0 Å². The second-order valence-corrected chi connectivity index (χ2v) is 4.63. The molecular formula is C15H15N5. The van der Waals surface area contributed by atoms with E-state index >= 15 is 0 Å². The molecule has 5 heteroatoms. The number of benzene rings is 1. The van der Waals surface area contributed by atoms with Gasteiger partial charge in [-0.25, -0.2) is 15.4 Å². The number of rotatable bonds is 3. The summed E-state index contributed by atoms with van der Waals surface area (Å²) < 4.78 is 0. The van der Waals surface area contributed by atoms with Crippen LogP contribution in [0.1, 0.15) is 17.0 Å². The van der Waals surface area contributed by atoms with Gasteiger partial charge in [0.1, 0.15) is 0 Å². The Morgan fingerprint density at radius 1 is 1.15 bits per heavy atom. The van der Waals surface area contributed by atoms with E-state index in [0.29, 0.717) is 5.95 Å². The summed E-state index contributed by atoms with van der Waals surface area (Å²) in [7, 11) is 0. The molecule has 0 amide bonds. The first-order chi connectivity index (χ1) is 9.72. The van der Waals surface area contributed by atoms with E-state index in [1.807, 2.05) is 44.3 Å². The first-order valence-electron chi connectivity index (χ1n) is 6.40. The summed E-state index contributed by atoms with van der Waals surface area (Å²) >= 11 is 0. The Morgan fingerprint density at radius 2 is 1.90 bits per heavy atom. The number of para-hydroxylation sites is 1. The highest BCUT2D eigenvalue weighted by molar-refractivity contribution is 5.99. The van der Waals surface area contributed by atoms with Crippen LogP contribution in [-0.2, 0) is 0 Å². The highest BCUT2D eigenvalue weighted by Gasteiger charge is 2.00. The maximum Gasteiger partial charge on any atom is 0.243 e. The summed E-state index contributed by atoms with van der Waals surface area (Å²) in [5, 5.41) is 5.33. The molecule has 20 heavy (non-hydrogen) atoms. The Morgan fingerprint density at radius 3 is 2.70 bits per heavy atom. The number of nitrogens with one attached hydrogen (secondary N) is 2. The highest BCUT2D eigenvalue weighted by Crippen LogP contribution is 2.15. The van der Waals surface area contributed by atoms with Gasteiger partial charge in [-0.15, -0.1) is 0 Å². The van der Waals surface area contributed by atoms with Crippen molar-refractivity contribution in [1.29, 1.82) is 0 Å². The number of H-pyrrole nitrogens is 1. The summed E-state index contributed by atoms with van der Waals surface area (Å²) in [6, 6.07) is 10.0. The van der Waals surface area contributed by atoms with Crippen LogP contribution in [0.15, 0.2) is 41.6 Å². The van der Waals surface area contributed by atoms with Gasteiger partial charge in [-0.3, -0.25) is 0 Å². The lowest BCUT2D eigenvalue weighted by molar-refractivity contribution is 1.04. The average molecular weight is 265 g/mol. The maximum atomic E-state index is 4.27. The molecule has 0 aliphatic rings. The van der Waals surface area contributed by atoms with Crippen LogP contribution in [0.25, 0.3) is 10.9 Å². The van der Waals surface area contributed by atoms with Crippen molar-refractivity contribution < 1.29 is 0 Å². The Bertz CT molecular complexity index is 753. The zero-order valence-electron chi connectivity index (χ0n) is 11.4. The fourth-order valence-corrected chi connectivity index (χ4v) is 2.14. The zero-order valence-corrected chi connectivity index (χ0v) is 11.4. The summed E-state index contributed by atoms with van der Waals surface area (Å²) in [4.78, 5) is 11.7. The van der Waals surface area contributed by atoms with E-state index in [9.17, 15) is 0 Å². The van der Waals surface area contributed by atoms with Crippen LogP contribution in [0.2, 0.25) is 0 Å². The minimum Gasteiger partial charge on any atom is -0.361 e. The predicted octanol–water partition coefficient (Wildman–Crippen LogP) is 3.02. The minimum atomic E-state index is 0.513. The number of hydrogen-bond donors (Lipinski definition) is 2. The molecule has 0 saturated carbocycles. The first kappa shape index (κ1) is 12.3. The normalized spacial score (nSPS) is 11.3. The number of anilines is 1. The minimum absolute atomic E-state index is 0.513. The number of fused-ring (bicyclic) bond motifs is 1. The van der Waals surface area contributed by atoms with Crippen LogP contribution >= 0.6 is 0 Å². The first-order valence-corrected chi connectivity index (χ1v) is 6.40. The number of hydrazone groups is 1. The molecule has 3 aromatic rings. The summed E-state index contributed by atoms with van der Waals surface area (Å²) in [6.07, 6.45) is 3.69. The van der Waals surface area contributed by atoms with Crippen molar-refractivity contribution >= 4 is 23.1 Å². The molecule has 0 fully saturated rings. The van der Waals surface area contributed by atoms with Gasteiger partial charge in [-0.2, -0.15) is 5.10 Å². The molecule has 2 aromatic heterocycles. The summed E-state index contributed by atoms with van der Waals surface area (Å²) in [5.74, 6) is 0.513. The smallest absolute Gasteiger partial charge is 0.243 e. The molecule has 0 aliphatic carbocycles. The molecule has 2 heterocycles. The van der Waals surface area contributed by atoms with Gasteiger partial charge in [0, 0.05) is 34.1 Å². The third-order valence-electron chi connectivity index (χ3n) is 2.97. The molecular weight excluding hydrogens is 250 g/mol. The van der Waals surface area contributed by atoms with Crippen LogP contribution in [0.3, 0.4) is 0 Å². The number of nitrogens with zero attached hydrogens (tertiary/aromatic N) is 3. The largest absolute Gasteiger partial charge is 0.361 e. The second-order valence-electron chi connectivity index (χ2n) is 4.63. The number of aryl methyl sites for hydroxylation is 2. The monoisotopic (exact) mass is 265 g/mol. The fourth-order valence-electron chi connectivity index (χ4n) is 2.14. The van der Waals surface area contributed by atoms with Gasteiger partial charge < -0.3 is 4.98 Å². The van der Waals surface area contributed by atoms with Gasteiger partial charge >= 0.3 is 0 Å². The van der Waals surface area contributed by atoms with Crippen LogP contribution < -0.4 is 5.43 Å². The lowest BCUT2D eigenvalue weighted by Crippen LogP contribution is -1.99. The van der Waals surface area contributed by atoms with Crippen molar-refractivity contribution in [3.63, 3.8) is 0 Å². The fraction of sp³-hybridized carbons (Fsp3) is 0.133. The summed E-state index contributed by atoms with van der Waals surface area (Å²) in [5.41, 5.74) is 6.82. The summed E-state index contributed by atoms with van der Waals surface area (Å²) in [6.45, 7) is 3.87. The maximum absolute atomic E-state index is 4.27. The van der Waals surface area contributed by atoms with Crippen molar-refractivity contribution in [3.05, 3.63) is 53.5 Å². The van der Waals surface area contributed by atoms with Crippen molar-refractivity contribution in [2.75, 3.05) is 5.43 Å². The SMILES string of the molecule is Cc1cc(C)nc(N/N=C/c2c[nH]c3ccccc23)n1. The van der Waals surface area contributed by atoms with E-state index in [-0.39, 0.29) is 0 Å². The van der Waals surface area contributed by atoms with E-state index < -0.39 is 0 Å². The van der Waals surface area contributed by atoms with Gasteiger partial charge in [-0.05, 0) is 26.0 Å². The average Bonchev–Trinajstić information content (AvgIpc) is 2.81. The van der Waals surface area contributed by atoms with E-state index in [1.165, 1.54) is 0 Å². The molecule has 0 saturated heterocycles.